The highest BCUT2D eigenvalue weighted by Gasteiger charge is 2.23. The zero-order chi connectivity index (χ0) is 18.5. The van der Waals surface area contributed by atoms with E-state index in [4.69, 9.17) is 4.74 Å². The van der Waals surface area contributed by atoms with E-state index in [1.165, 1.54) is 40.4 Å². The zero-order valence-corrected chi connectivity index (χ0v) is 15.5. The molecule has 0 fully saturated rings. The molecule has 0 saturated carbocycles. The number of nitrogens with zero attached hydrogens (tertiary/aromatic N) is 2. The maximum Gasteiger partial charge on any atom is 0.338 e. The van der Waals surface area contributed by atoms with Crippen LogP contribution in [0.1, 0.15) is 31.1 Å². The second-order valence-corrected chi connectivity index (χ2v) is 7.33. The van der Waals surface area contributed by atoms with Crippen molar-refractivity contribution >= 4 is 21.9 Å². The molecule has 0 bridgehead atoms. The fourth-order valence-corrected chi connectivity index (χ4v) is 3.58. The Hall–Kier alpha value is -1.93. The number of hydrogen-bond acceptors (Lipinski definition) is 5. The van der Waals surface area contributed by atoms with Crippen LogP contribution in [0.3, 0.4) is 0 Å². The average Bonchev–Trinajstić information content (AvgIpc) is 2.54. The molecule has 1 aromatic rings. The molecule has 0 aromatic heterocycles. The molecule has 0 aliphatic carbocycles. The molecular formula is C16H24N2O5S. The predicted octanol–water partition coefficient (Wildman–Crippen LogP) is 1.35. The van der Waals surface area contributed by atoms with Gasteiger partial charge in [0.15, 0.2) is 6.10 Å². The second-order valence-electron chi connectivity index (χ2n) is 5.39. The van der Waals surface area contributed by atoms with Gasteiger partial charge in [-0.05, 0) is 31.2 Å². The van der Waals surface area contributed by atoms with Crippen LogP contribution in [0.15, 0.2) is 29.2 Å². The summed E-state index contributed by atoms with van der Waals surface area (Å²) in [4.78, 5) is 25.2. The van der Waals surface area contributed by atoms with Crippen molar-refractivity contribution in [2.45, 2.75) is 31.8 Å². The summed E-state index contributed by atoms with van der Waals surface area (Å²) >= 11 is 0. The molecule has 0 spiro atoms. The Bertz CT molecular complexity index is 679. The van der Waals surface area contributed by atoms with Gasteiger partial charge in [-0.2, -0.15) is 4.31 Å². The number of sulfonamides is 1. The van der Waals surface area contributed by atoms with Gasteiger partial charge in [-0.25, -0.2) is 13.2 Å². The molecule has 0 aliphatic heterocycles. The lowest BCUT2D eigenvalue weighted by Crippen LogP contribution is -2.34. The molecule has 1 amide bonds. The van der Waals surface area contributed by atoms with Crippen molar-refractivity contribution in [1.82, 2.24) is 9.21 Å². The van der Waals surface area contributed by atoms with Crippen LogP contribution in [-0.4, -0.2) is 62.8 Å². The Morgan fingerprint density at radius 1 is 1.08 bits per heavy atom. The predicted molar refractivity (Wildman–Crippen MR) is 90.1 cm³/mol. The second kappa shape index (κ2) is 8.25. The first-order valence-corrected chi connectivity index (χ1v) is 9.11. The summed E-state index contributed by atoms with van der Waals surface area (Å²) < 4.78 is 31.2. The van der Waals surface area contributed by atoms with Gasteiger partial charge < -0.3 is 9.64 Å². The lowest BCUT2D eigenvalue weighted by molar-refractivity contribution is -0.137. The van der Waals surface area contributed by atoms with E-state index in [-0.39, 0.29) is 16.4 Å². The number of benzene rings is 1. The first kappa shape index (κ1) is 20.1. The van der Waals surface area contributed by atoms with Crippen molar-refractivity contribution in [1.29, 1.82) is 0 Å². The first-order chi connectivity index (χ1) is 11.1. The molecule has 0 saturated heterocycles. The number of carbonyl (C=O) groups excluding carboxylic acids is 2. The number of rotatable bonds is 7. The summed E-state index contributed by atoms with van der Waals surface area (Å²) in [5.41, 5.74) is 0.187. The molecule has 1 aromatic carbocycles. The van der Waals surface area contributed by atoms with E-state index >= 15 is 0 Å². The van der Waals surface area contributed by atoms with E-state index < -0.39 is 22.1 Å². The van der Waals surface area contributed by atoms with Gasteiger partial charge in [-0.15, -0.1) is 0 Å². The number of hydrogen-bond donors (Lipinski definition) is 0. The molecule has 134 valence electrons. The molecule has 0 aliphatic rings. The summed E-state index contributed by atoms with van der Waals surface area (Å²) in [5.74, 6) is -1.01. The van der Waals surface area contributed by atoms with E-state index in [1.54, 1.807) is 27.9 Å². The van der Waals surface area contributed by atoms with Gasteiger partial charge in [-0.1, -0.05) is 13.8 Å². The van der Waals surface area contributed by atoms with Crippen molar-refractivity contribution in [2.24, 2.45) is 0 Å². The smallest absolute Gasteiger partial charge is 0.338 e. The summed E-state index contributed by atoms with van der Waals surface area (Å²) in [5, 5.41) is 0. The molecule has 7 nitrogen and oxygen atoms in total. The van der Waals surface area contributed by atoms with Gasteiger partial charge >= 0.3 is 5.97 Å². The zero-order valence-electron chi connectivity index (χ0n) is 14.6. The largest absolute Gasteiger partial charge is 0.449 e. The highest BCUT2D eigenvalue weighted by atomic mass is 32.2. The summed E-state index contributed by atoms with van der Waals surface area (Å²) in [7, 11) is -0.433. The van der Waals surface area contributed by atoms with Crippen molar-refractivity contribution in [3.8, 4) is 0 Å². The topological polar surface area (TPSA) is 84.0 Å². The number of ether oxygens (including phenoxy) is 1. The van der Waals surface area contributed by atoms with Crippen LogP contribution in [0.2, 0.25) is 0 Å². The van der Waals surface area contributed by atoms with Crippen molar-refractivity contribution in [2.75, 3.05) is 27.2 Å². The quantitative estimate of drug-likeness (QED) is 0.689. The van der Waals surface area contributed by atoms with Gasteiger partial charge in [0.1, 0.15) is 0 Å². The molecule has 1 rings (SSSR count). The number of esters is 1. The highest BCUT2D eigenvalue weighted by molar-refractivity contribution is 7.89. The van der Waals surface area contributed by atoms with Crippen LogP contribution < -0.4 is 0 Å². The fourth-order valence-electron chi connectivity index (χ4n) is 2.12. The van der Waals surface area contributed by atoms with E-state index in [9.17, 15) is 18.0 Å². The monoisotopic (exact) mass is 356 g/mol. The van der Waals surface area contributed by atoms with Gasteiger partial charge in [0.2, 0.25) is 10.0 Å². The first-order valence-electron chi connectivity index (χ1n) is 7.67. The van der Waals surface area contributed by atoms with Crippen molar-refractivity contribution in [3.05, 3.63) is 29.8 Å². The Balaban J connectivity index is 2.92. The average molecular weight is 356 g/mol. The van der Waals surface area contributed by atoms with Crippen molar-refractivity contribution < 1.29 is 22.7 Å². The van der Waals surface area contributed by atoms with Crippen LogP contribution in [0.25, 0.3) is 0 Å². The number of amides is 1. The van der Waals surface area contributed by atoms with E-state index in [0.29, 0.717) is 13.1 Å². The van der Waals surface area contributed by atoms with Crippen LogP contribution in [-0.2, 0) is 19.6 Å². The fraction of sp³-hybridized carbons (Fsp3) is 0.500. The minimum absolute atomic E-state index is 0.111. The molecule has 24 heavy (non-hydrogen) atoms. The van der Waals surface area contributed by atoms with Crippen LogP contribution >= 0.6 is 0 Å². The van der Waals surface area contributed by atoms with Crippen LogP contribution in [0.4, 0.5) is 0 Å². The molecule has 0 unspecified atom stereocenters. The summed E-state index contributed by atoms with van der Waals surface area (Å²) in [6.07, 6.45) is -0.911. The minimum atomic E-state index is -3.57. The third-order valence-corrected chi connectivity index (χ3v) is 5.57. The molecule has 0 radical (unpaired) electrons. The maximum absolute atomic E-state index is 12.4. The maximum atomic E-state index is 12.4. The third kappa shape index (κ3) is 4.55. The van der Waals surface area contributed by atoms with Gasteiger partial charge in [0.05, 0.1) is 10.5 Å². The minimum Gasteiger partial charge on any atom is -0.449 e. The standard InChI is InChI=1S/C16H24N2O5S/c1-6-18(7-2)24(21,22)14-10-8-13(9-11-14)16(20)23-12(3)15(19)17(4)5/h8-12H,6-7H2,1-5H3/t12-/m0/s1. The molecular weight excluding hydrogens is 332 g/mol. The summed E-state index contributed by atoms with van der Waals surface area (Å²) in [6, 6.07) is 5.49. The molecule has 0 N–H and O–H groups in total. The molecule has 0 heterocycles. The highest BCUT2D eigenvalue weighted by Crippen LogP contribution is 2.17. The molecule has 1 atom stereocenters. The third-order valence-electron chi connectivity index (χ3n) is 3.51. The normalized spacial score (nSPS) is 12.8. The van der Waals surface area contributed by atoms with Gasteiger partial charge in [-0.3, -0.25) is 4.79 Å². The number of likely N-dealkylation sites (N-methyl/N-ethyl adjacent to an activating group) is 1. The summed E-state index contributed by atoms with van der Waals surface area (Å²) in [6.45, 7) is 5.74. The van der Waals surface area contributed by atoms with Crippen molar-refractivity contribution in [3.63, 3.8) is 0 Å². The Kier molecular flexibility index (Phi) is 6.92. The Morgan fingerprint density at radius 3 is 2.00 bits per heavy atom. The Morgan fingerprint density at radius 2 is 1.58 bits per heavy atom. The van der Waals surface area contributed by atoms with Gasteiger partial charge in [0, 0.05) is 27.2 Å². The van der Waals surface area contributed by atoms with Crippen LogP contribution in [0.5, 0.6) is 0 Å². The van der Waals surface area contributed by atoms with E-state index in [2.05, 4.69) is 0 Å². The Labute approximate surface area is 143 Å². The van der Waals surface area contributed by atoms with E-state index in [0.717, 1.165) is 0 Å². The van der Waals surface area contributed by atoms with E-state index in [1.807, 2.05) is 0 Å². The lowest BCUT2D eigenvalue weighted by Gasteiger charge is -2.19. The lowest BCUT2D eigenvalue weighted by atomic mass is 10.2. The number of carbonyl (C=O) groups is 2. The van der Waals surface area contributed by atoms with Gasteiger partial charge in [0.25, 0.3) is 5.91 Å². The molecule has 8 heteroatoms. The SMILES string of the molecule is CCN(CC)S(=O)(=O)c1ccc(C(=O)O[C@@H](C)C(=O)N(C)C)cc1. The van der Waals surface area contributed by atoms with Crippen LogP contribution in [0, 0.1) is 0 Å².